The Bertz CT molecular complexity index is 3990. The molecule has 5 aromatic rings. The number of Topliss-reactive ketones (excluding diaryl/α,β-unsaturated/α-hetero) is 1. The van der Waals surface area contributed by atoms with Crippen molar-refractivity contribution in [3.05, 3.63) is 109 Å². The van der Waals surface area contributed by atoms with Gasteiger partial charge < -0.3 is 59.1 Å². The normalized spacial score (nSPS) is 36.3. The van der Waals surface area contributed by atoms with Crippen LogP contribution in [0.1, 0.15) is 204 Å². The predicted octanol–water partition coefficient (Wildman–Crippen LogP) is 10.8. The molecule has 87 heavy (non-hydrogen) atoms. The Labute approximate surface area is 506 Å². The van der Waals surface area contributed by atoms with E-state index in [-0.39, 0.29) is 77.1 Å². The number of carbonyl (C=O) groups excluding carboxylic acids is 2. The zero-order chi connectivity index (χ0) is 58.7. The number of benzene rings is 4. The Morgan fingerprint density at radius 2 is 1.75 bits per heavy atom. The first kappa shape index (κ1) is 53.8. The molecule has 9 aliphatic carbocycles. The van der Waals surface area contributed by atoms with Crippen LogP contribution in [-0.4, -0.2) is 110 Å². The molecule has 13 atom stereocenters. The molecule has 14 heteroatoms. The summed E-state index contributed by atoms with van der Waals surface area (Å²) >= 11 is 0. The second kappa shape index (κ2) is 18.9. The van der Waals surface area contributed by atoms with E-state index in [0.717, 1.165) is 120 Å². The van der Waals surface area contributed by atoms with Gasteiger partial charge in [-0.15, -0.1) is 0 Å². The standard InChI is InChI=1S/C73H78N2O12/c1-83-64-46-15-14-40-26-39-9-5-12-44(39)57-55(40)58(46)60-63(79)59(57)52(77)33-75-32-50-38(8-4-13-45(50)67(75)80)10-7-25-84-66-62(78)54-34-85-53(17-16-47(64)65(60)87-68(86-54)73(66,82)37-76)49-31-74-51-27-41-18-22-71-36-72(81)21-6-11-42(72)28-43(71)29-70(30-48(56(49)51)61(41)71)24-23-69(35-70)19-2-3-20-69/h4,8,13,16-17,26-27,31,39,42-44,53-54,62,66,68,74,76,78-79,81-82H,2-3,5-6,9-12,14-15,18-24,28-30,32-37H2,1H3. The fourth-order valence-corrected chi connectivity index (χ4v) is 21.8. The van der Waals surface area contributed by atoms with Crippen LogP contribution in [0.5, 0.6) is 17.2 Å². The van der Waals surface area contributed by atoms with Crippen LogP contribution in [0.3, 0.4) is 0 Å². The van der Waals surface area contributed by atoms with Crippen molar-refractivity contribution in [2.45, 2.75) is 201 Å². The van der Waals surface area contributed by atoms with E-state index in [1.165, 1.54) is 68.1 Å². The Balaban J connectivity index is 0.872. The van der Waals surface area contributed by atoms with E-state index in [2.05, 4.69) is 35.4 Å². The van der Waals surface area contributed by atoms with Gasteiger partial charge in [-0.25, -0.2) is 0 Å². The third-order valence-electron chi connectivity index (χ3n) is 25.4. The summed E-state index contributed by atoms with van der Waals surface area (Å²) in [4.78, 5) is 35.4. The number of aryl methyl sites for hydroxylation is 2. The highest BCUT2D eigenvalue weighted by Gasteiger charge is 2.64. The summed E-state index contributed by atoms with van der Waals surface area (Å²) in [6.45, 7) is -1.32. The molecule has 5 saturated carbocycles. The van der Waals surface area contributed by atoms with E-state index in [4.69, 9.17) is 23.7 Å². The third-order valence-corrected chi connectivity index (χ3v) is 25.4. The number of rotatable bonds is 3. The van der Waals surface area contributed by atoms with Crippen LogP contribution in [0.25, 0.3) is 33.3 Å². The number of hydrogen-bond donors (Lipinski definition) is 6. The number of H-pyrrole nitrogens is 1. The number of ether oxygens (including phenoxy) is 5. The summed E-state index contributed by atoms with van der Waals surface area (Å²) in [6, 6.07) is 7.84. The van der Waals surface area contributed by atoms with Crippen molar-refractivity contribution >= 4 is 45.0 Å². The highest BCUT2D eigenvalue weighted by Crippen LogP contribution is 2.70. The first-order chi connectivity index (χ1) is 42.2. The van der Waals surface area contributed by atoms with Gasteiger partial charge in [0.25, 0.3) is 5.91 Å². The van der Waals surface area contributed by atoms with E-state index in [9.17, 15) is 30.3 Å². The van der Waals surface area contributed by atoms with Gasteiger partial charge >= 0.3 is 0 Å². The summed E-state index contributed by atoms with van der Waals surface area (Å²) in [7, 11) is 1.63. The lowest BCUT2D eigenvalue weighted by atomic mass is 9.54. The van der Waals surface area contributed by atoms with Crippen molar-refractivity contribution < 1.29 is 58.8 Å². The Kier molecular flexibility index (Phi) is 11.7. The van der Waals surface area contributed by atoms with Gasteiger partial charge in [0.15, 0.2) is 17.5 Å². The van der Waals surface area contributed by atoms with Gasteiger partial charge in [0, 0.05) is 57.6 Å². The number of fused-ring (bicyclic) bond motifs is 10. The predicted molar refractivity (Wildman–Crippen MR) is 324 cm³/mol. The minimum Gasteiger partial charge on any atom is -0.506 e. The number of allylic oxidation sites excluding steroid dienone is 2. The summed E-state index contributed by atoms with van der Waals surface area (Å²) in [5.74, 6) is 3.54. The Morgan fingerprint density at radius 1 is 0.874 bits per heavy atom. The number of aromatic nitrogens is 1. The minimum absolute atomic E-state index is 0.0414. The molecule has 0 radical (unpaired) electrons. The van der Waals surface area contributed by atoms with E-state index in [0.29, 0.717) is 52.4 Å². The number of carbonyl (C=O) groups is 2. The molecule has 18 rings (SSSR count). The van der Waals surface area contributed by atoms with Crippen molar-refractivity contribution in [2.24, 2.45) is 28.6 Å². The summed E-state index contributed by atoms with van der Waals surface area (Å²) in [5, 5.41) is 65.7. The van der Waals surface area contributed by atoms with Crippen molar-refractivity contribution in [3.8, 4) is 29.3 Å². The first-order valence-electron chi connectivity index (χ1n) is 33.0. The van der Waals surface area contributed by atoms with Gasteiger partial charge in [0.1, 0.15) is 41.7 Å². The summed E-state index contributed by atoms with van der Waals surface area (Å²) < 4.78 is 34.2. The van der Waals surface area contributed by atoms with Crippen molar-refractivity contribution in [2.75, 3.05) is 26.9 Å². The smallest absolute Gasteiger partial charge is 0.254 e. The third kappa shape index (κ3) is 7.44. The molecule has 8 bridgehead atoms. The van der Waals surface area contributed by atoms with Crippen LogP contribution in [0.2, 0.25) is 0 Å². The lowest BCUT2D eigenvalue weighted by Crippen LogP contribution is -2.70. The van der Waals surface area contributed by atoms with Crippen LogP contribution in [0, 0.1) is 40.6 Å². The zero-order valence-electron chi connectivity index (χ0n) is 49.7. The molecule has 3 spiro atoms. The fraction of sp³-hybridized carbons (Fsp3) is 0.562. The number of phenolic OH excluding ortho intramolecular Hbond substituents is 1. The lowest BCUT2D eigenvalue weighted by Gasteiger charge is -2.52. The van der Waals surface area contributed by atoms with E-state index < -0.39 is 54.3 Å². The molecule has 13 unspecified atom stereocenters. The molecule has 6 fully saturated rings. The second-order valence-corrected chi connectivity index (χ2v) is 29.6. The minimum atomic E-state index is -2.48. The Morgan fingerprint density at radius 3 is 2.61 bits per heavy atom. The average Bonchev–Trinajstić information content (AvgIpc) is 1.55. The largest absolute Gasteiger partial charge is 0.506 e. The van der Waals surface area contributed by atoms with Gasteiger partial charge in [0.2, 0.25) is 6.29 Å². The number of amides is 1. The fourth-order valence-electron chi connectivity index (χ4n) is 21.8. The number of aromatic hydroxyl groups is 1. The van der Waals surface area contributed by atoms with Gasteiger partial charge in [0.05, 0.1) is 49.0 Å². The van der Waals surface area contributed by atoms with Crippen LogP contribution in [0.15, 0.2) is 42.6 Å². The number of aromatic amines is 1. The molecule has 4 aliphatic heterocycles. The van der Waals surface area contributed by atoms with Gasteiger partial charge in [-0.05, 0) is 206 Å². The molecule has 1 aromatic heterocycles. The molecule has 6 N–H and O–H groups in total. The summed E-state index contributed by atoms with van der Waals surface area (Å²) in [6.07, 6.45) is 26.3. The number of nitrogens with one attached hydrogen (secondary N) is 1. The number of aliphatic hydroxyl groups is 4. The van der Waals surface area contributed by atoms with E-state index >= 15 is 4.79 Å². The van der Waals surface area contributed by atoms with E-state index in [1.54, 1.807) is 24.1 Å². The molecule has 14 nitrogen and oxygen atoms in total. The topological polar surface area (TPSA) is 200 Å². The van der Waals surface area contributed by atoms with Crippen LogP contribution in [0.4, 0.5) is 0 Å². The number of ketones is 1. The monoisotopic (exact) mass is 1170 g/mol. The molecule has 5 heterocycles. The highest BCUT2D eigenvalue weighted by molar-refractivity contribution is 6.17. The van der Waals surface area contributed by atoms with Crippen molar-refractivity contribution in [3.63, 3.8) is 0 Å². The molecule has 13 aliphatic rings. The molecule has 1 amide bonds. The van der Waals surface area contributed by atoms with E-state index in [1.807, 2.05) is 18.2 Å². The molecular weight excluding hydrogens is 1100 g/mol. The van der Waals surface area contributed by atoms with Gasteiger partial charge in [-0.3, -0.25) is 9.59 Å². The van der Waals surface area contributed by atoms with Crippen LogP contribution >= 0.6 is 0 Å². The van der Waals surface area contributed by atoms with Gasteiger partial charge in [-0.2, -0.15) is 0 Å². The summed E-state index contributed by atoms with van der Waals surface area (Å²) in [5.41, 5.74) is 9.57. The lowest BCUT2D eigenvalue weighted by molar-refractivity contribution is -0.328. The Hall–Kier alpha value is -6.18. The van der Waals surface area contributed by atoms with Crippen molar-refractivity contribution in [1.29, 1.82) is 0 Å². The zero-order valence-corrected chi connectivity index (χ0v) is 49.7. The molecule has 1 saturated heterocycles. The maximum atomic E-state index is 15.7. The van der Waals surface area contributed by atoms with Crippen molar-refractivity contribution in [1.82, 2.24) is 9.88 Å². The number of aliphatic hydroxyl groups excluding tert-OH is 2. The molecule has 4 aromatic carbocycles. The van der Waals surface area contributed by atoms with Crippen LogP contribution < -0.4 is 9.47 Å². The maximum Gasteiger partial charge on any atom is 0.254 e. The number of methoxy groups -OCH3 is 1. The first-order valence-corrected chi connectivity index (χ1v) is 33.0. The molecule has 452 valence electrons. The number of nitrogens with zero attached hydrogens (tertiary/aromatic N) is 1. The highest BCUT2D eigenvalue weighted by atomic mass is 16.7. The van der Waals surface area contributed by atoms with Crippen LogP contribution in [-0.2, 0) is 51.9 Å². The molecular formula is C73H78N2O12. The number of hydrogen-bond acceptors (Lipinski definition) is 12. The number of phenols is 1. The quantitative estimate of drug-likeness (QED) is 0.0936. The maximum absolute atomic E-state index is 15.7. The second-order valence-electron chi connectivity index (χ2n) is 29.6. The average molecular weight is 1180 g/mol. The van der Waals surface area contributed by atoms with Gasteiger partial charge in [-0.1, -0.05) is 55.9 Å². The SMILES string of the molecule is COc1c2c3c4c(O)c(c5c6c4c1CCC6=CC1CCCC51)C(=O)CN1Cc4c(cccc4C1=O)CC#COC1C(O)C(COC(c4c[nH]c5cc6c7c(c45)CC4(CCC5(CCCC5)C4)CC4CC5CCCC5(O)CC74CC6)C=C2)OC(O3)C1(O)CO.